The van der Waals surface area contributed by atoms with Crippen LogP contribution in [0.2, 0.25) is 0 Å². The second-order valence-electron chi connectivity index (χ2n) is 6.35. The Labute approximate surface area is 136 Å². The number of hydrogen-bond acceptors (Lipinski definition) is 6. The van der Waals surface area contributed by atoms with E-state index in [2.05, 4.69) is 0 Å². The van der Waals surface area contributed by atoms with Crippen LogP contribution in [0.3, 0.4) is 0 Å². The highest BCUT2D eigenvalue weighted by molar-refractivity contribution is 5.78. The van der Waals surface area contributed by atoms with Gasteiger partial charge in [-0.3, -0.25) is 9.59 Å². The highest BCUT2D eigenvalue weighted by Gasteiger charge is 2.28. The van der Waals surface area contributed by atoms with Gasteiger partial charge in [0.05, 0.1) is 12.5 Å². The lowest BCUT2D eigenvalue weighted by atomic mass is 10.0. The lowest BCUT2D eigenvalue weighted by Gasteiger charge is -2.23. The van der Waals surface area contributed by atoms with Crippen molar-refractivity contribution in [2.45, 2.75) is 45.4 Å². The van der Waals surface area contributed by atoms with Gasteiger partial charge in [0.1, 0.15) is 18.2 Å². The van der Waals surface area contributed by atoms with Crippen LogP contribution < -0.4 is 5.73 Å². The van der Waals surface area contributed by atoms with E-state index in [1.54, 1.807) is 20.8 Å². The Morgan fingerprint density at radius 1 is 1.17 bits per heavy atom. The molecule has 3 N–H and O–H groups in total. The van der Waals surface area contributed by atoms with Gasteiger partial charge in [0.25, 0.3) is 0 Å². The lowest BCUT2D eigenvalue weighted by Crippen LogP contribution is -2.40. The largest absolute Gasteiger partial charge is 0.461 e. The molecule has 0 spiro atoms. The van der Waals surface area contributed by atoms with Gasteiger partial charge in [0, 0.05) is 0 Å². The van der Waals surface area contributed by atoms with Crippen LogP contribution in [0.25, 0.3) is 0 Å². The van der Waals surface area contributed by atoms with Gasteiger partial charge < -0.3 is 20.3 Å². The molecule has 0 aliphatic carbocycles. The summed E-state index contributed by atoms with van der Waals surface area (Å²) in [6.45, 7) is 4.86. The van der Waals surface area contributed by atoms with Gasteiger partial charge in [0.2, 0.25) is 0 Å². The van der Waals surface area contributed by atoms with Gasteiger partial charge in [-0.25, -0.2) is 0 Å². The molecule has 2 unspecified atom stereocenters. The molecular weight excluding hydrogens is 298 g/mol. The van der Waals surface area contributed by atoms with E-state index in [-0.39, 0.29) is 13.0 Å². The molecule has 6 nitrogen and oxygen atoms in total. The minimum Gasteiger partial charge on any atom is -0.461 e. The Morgan fingerprint density at radius 3 is 2.30 bits per heavy atom. The second kappa shape index (κ2) is 8.64. The maximum absolute atomic E-state index is 12.0. The quantitative estimate of drug-likeness (QED) is 0.736. The van der Waals surface area contributed by atoms with Crippen LogP contribution in [0.5, 0.6) is 0 Å². The first kappa shape index (κ1) is 19.1. The van der Waals surface area contributed by atoms with E-state index in [9.17, 15) is 14.7 Å². The van der Waals surface area contributed by atoms with Crippen LogP contribution in [-0.4, -0.2) is 35.3 Å². The van der Waals surface area contributed by atoms with Gasteiger partial charge >= 0.3 is 11.9 Å². The monoisotopic (exact) mass is 323 g/mol. The number of carbonyl (C=O) groups excluding carboxylic acids is 2. The zero-order chi connectivity index (χ0) is 17.5. The molecule has 0 amide bonds. The molecule has 6 heteroatoms. The van der Waals surface area contributed by atoms with Crippen LogP contribution >= 0.6 is 0 Å². The maximum atomic E-state index is 12.0. The Hall–Kier alpha value is -1.92. The second-order valence-corrected chi connectivity index (χ2v) is 6.35. The zero-order valence-corrected chi connectivity index (χ0v) is 13.8. The molecule has 0 bridgehead atoms. The summed E-state index contributed by atoms with van der Waals surface area (Å²) in [6.07, 6.45) is -0.0287. The molecule has 0 saturated heterocycles. The predicted octanol–water partition coefficient (Wildman–Crippen LogP) is 1.40. The zero-order valence-electron chi connectivity index (χ0n) is 13.8. The number of benzene rings is 1. The Kier molecular flexibility index (Phi) is 7.19. The highest BCUT2D eigenvalue weighted by Crippen LogP contribution is 2.14. The van der Waals surface area contributed by atoms with Gasteiger partial charge in [-0.05, 0) is 32.8 Å². The number of rotatable bonds is 7. The number of hydrogen-bond donors (Lipinski definition) is 2. The molecule has 128 valence electrons. The van der Waals surface area contributed by atoms with Crippen molar-refractivity contribution in [2.24, 2.45) is 11.7 Å². The fraction of sp³-hybridized carbons (Fsp3) is 0.529. The minimum atomic E-state index is -0.990. The molecule has 0 aliphatic heterocycles. The van der Waals surface area contributed by atoms with Gasteiger partial charge in [0.15, 0.2) is 0 Å². The predicted molar refractivity (Wildman–Crippen MR) is 85.3 cm³/mol. The first-order valence-electron chi connectivity index (χ1n) is 7.53. The van der Waals surface area contributed by atoms with Crippen molar-refractivity contribution in [1.82, 2.24) is 0 Å². The van der Waals surface area contributed by atoms with Crippen molar-refractivity contribution in [3.63, 3.8) is 0 Å². The van der Waals surface area contributed by atoms with E-state index in [4.69, 9.17) is 15.2 Å². The third kappa shape index (κ3) is 7.25. The van der Waals surface area contributed by atoms with Crippen molar-refractivity contribution in [1.29, 1.82) is 0 Å². The van der Waals surface area contributed by atoms with E-state index in [1.807, 2.05) is 30.3 Å². The van der Waals surface area contributed by atoms with E-state index >= 15 is 0 Å². The number of aliphatic hydroxyl groups excluding tert-OH is 1. The Morgan fingerprint density at radius 2 is 1.78 bits per heavy atom. The summed E-state index contributed by atoms with van der Waals surface area (Å²) in [6, 6.07) is 8.20. The summed E-state index contributed by atoms with van der Waals surface area (Å²) in [4.78, 5) is 23.8. The lowest BCUT2D eigenvalue weighted by molar-refractivity contribution is -0.158. The topological polar surface area (TPSA) is 98.9 Å². The minimum absolute atomic E-state index is 0.0287. The van der Waals surface area contributed by atoms with E-state index in [1.165, 1.54) is 0 Å². The summed E-state index contributed by atoms with van der Waals surface area (Å²) in [5.41, 5.74) is 5.94. The van der Waals surface area contributed by atoms with Crippen molar-refractivity contribution in [3.8, 4) is 0 Å². The summed E-state index contributed by atoms with van der Waals surface area (Å²) >= 11 is 0. The van der Waals surface area contributed by atoms with Crippen LogP contribution in [0, 0.1) is 5.92 Å². The molecule has 1 aromatic rings. The average molecular weight is 323 g/mol. The first-order valence-corrected chi connectivity index (χ1v) is 7.53. The molecule has 0 aliphatic rings. The standard InChI is InChI=1S/C17H25NO5/c1-17(2,3)23-16(21)14(18)9-13(10-19)15(20)22-11-12-7-5-4-6-8-12/h4-8,13-14,19H,9-11,18H2,1-3H3. The summed E-state index contributed by atoms with van der Waals surface area (Å²) < 4.78 is 10.3. The van der Waals surface area contributed by atoms with E-state index in [0.29, 0.717) is 0 Å². The summed E-state index contributed by atoms with van der Waals surface area (Å²) in [5.74, 6) is -2.05. The van der Waals surface area contributed by atoms with Crippen LogP contribution in [0.4, 0.5) is 0 Å². The highest BCUT2D eigenvalue weighted by atomic mass is 16.6. The number of carbonyl (C=O) groups is 2. The molecule has 0 fully saturated rings. The van der Waals surface area contributed by atoms with Gasteiger partial charge in [-0.15, -0.1) is 0 Å². The number of aliphatic hydroxyl groups is 1. The Balaban J connectivity index is 2.51. The third-order valence-corrected chi connectivity index (χ3v) is 3.03. The van der Waals surface area contributed by atoms with Crippen molar-refractivity contribution in [2.75, 3.05) is 6.61 Å². The van der Waals surface area contributed by atoms with Gasteiger partial charge in [-0.1, -0.05) is 30.3 Å². The fourth-order valence-electron chi connectivity index (χ4n) is 1.87. The number of nitrogens with two attached hydrogens (primary N) is 1. The first-order chi connectivity index (χ1) is 10.7. The molecule has 1 aromatic carbocycles. The van der Waals surface area contributed by atoms with E-state index in [0.717, 1.165) is 5.56 Å². The van der Waals surface area contributed by atoms with Crippen LogP contribution in [-0.2, 0) is 25.7 Å². The normalized spacial score (nSPS) is 14.0. The molecule has 2 atom stereocenters. The summed E-state index contributed by atoms with van der Waals surface area (Å²) in [7, 11) is 0. The van der Waals surface area contributed by atoms with Crippen molar-refractivity contribution in [3.05, 3.63) is 35.9 Å². The molecule has 0 saturated carbocycles. The third-order valence-electron chi connectivity index (χ3n) is 3.03. The molecule has 0 radical (unpaired) electrons. The molecule has 23 heavy (non-hydrogen) atoms. The molecule has 1 rings (SSSR count). The number of ether oxygens (including phenoxy) is 2. The SMILES string of the molecule is CC(C)(C)OC(=O)C(N)CC(CO)C(=O)OCc1ccccc1. The van der Waals surface area contributed by atoms with Crippen LogP contribution in [0.1, 0.15) is 32.8 Å². The Bertz CT molecular complexity index is 509. The molecule has 0 aromatic heterocycles. The average Bonchev–Trinajstić information content (AvgIpc) is 2.49. The van der Waals surface area contributed by atoms with Crippen molar-refractivity contribution < 1.29 is 24.2 Å². The molecule has 0 heterocycles. The summed E-state index contributed by atoms with van der Waals surface area (Å²) in [5, 5.41) is 9.35. The van der Waals surface area contributed by atoms with Gasteiger partial charge in [-0.2, -0.15) is 0 Å². The van der Waals surface area contributed by atoms with Crippen molar-refractivity contribution >= 4 is 11.9 Å². The maximum Gasteiger partial charge on any atom is 0.323 e. The van der Waals surface area contributed by atoms with E-state index < -0.39 is 36.1 Å². The fourth-order valence-corrected chi connectivity index (χ4v) is 1.87. The van der Waals surface area contributed by atoms with Crippen LogP contribution in [0.15, 0.2) is 30.3 Å². The number of esters is 2. The molecular formula is C17H25NO5. The smallest absolute Gasteiger partial charge is 0.323 e.